The van der Waals surface area contributed by atoms with Gasteiger partial charge in [-0.1, -0.05) is 0 Å². The van der Waals surface area contributed by atoms with Crippen molar-refractivity contribution in [2.24, 2.45) is 0 Å². The number of hydrogen-bond donors (Lipinski definition) is 0. The molecule has 0 bridgehead atoms. The zero-order valence-corrected chi connectivity index (χ0v) is 17.8. The van der Waals surface area contributed by atoms with Gasteiger partial charge in [0, 0.05) is 34.8 Å². The Morgan fingerprint density at radius 3 is 1.31 bits per heavy atom. The molecule has 0 N–H and O–H groups in total. The lowest BCUT2D eigenvalue weighted by molar-refractivity contribution is -0.112. The maximum Gasteiger partial charge on any atom is 0.186 e. The maximum atomic E-state index is 13.1. The van der Waals surface area contributed by atoms with Crippen molar-refractivity contribution in [2.45, 2.75) is 0 Å². The average Bonchev–Trinajstić information content (AvgIpc) is 2.75. The number of carbonyl (C=O) groups excluding carboxylic acids is 1. The van der Waals surface area contributed by atoms with Gasteiger partial charge in [-0.25, -0.2) is 0 Å². The fourth-order valence-electron chi connectivity index (χ4n) is 3.05. The first-order valence-electron chi connectivity index (χ1n) is 9.06. The minimum absolute atomic E-state index is 0.0484. The molecule has 1 heterocycles. The zero-order valence-electron chi connectivity index (χ0n) is 17.0. The molecule has 3 rings (SSSR count). The third-order valence-corrected chi connectivity index (χ3v) is 5.56. The molecule has 0 spiro atoms. The summed E-state index contributed by atoms with van der Waals surface area (Å²) in [5, 5.41) is 0. The lowest BCUT2D eigenvalue weighted by Gasteiger charge is -2.17. The lowest BCUT2D eigenvalue weighted by Crippen LogP contribution is -2.16. The quantitative estimate of drug-likeness (QED) is 0.651. The van der Waals surface area contributed by atoms with Crippen molar-refractivity contribution < 1.29 is 23.7 Å². The topological polar surface area (TPSA) is 54.0 Å². The van der Waals surface area contributed by atoms with Gasteiger partial charge in [-0.2, -0.15) is 11.8 Å². The molecule has 0 aromatic heterocycles. The molecule has 1 aliphatic rings. The highest BCUT2D eigenvalue weighted by molar-refractivity contribution is 7.99. The van der Waals surface area contributed by atoms with E-state index >= 15 is 0 Å². The second-order valence-corrected chi connectivity index (χ2v) is 7.44. The number of carbonyl (C=O) groups is 1. The van der Waals surface area contributed by atoms with Gasteiger partial charge in [0.15, 0.2) is 5.78 Å². The third kappa shape index (κ3) is 5.15. The normalized spacial score (nSPS) is 16.8. The standard InChI is InChI=1S/C23H24O5S/c1-25-19-7-15(8-20(11-19)26-2)5-17-13-29-14-18(23(17)24)6-16-9-21(27-3)12-22(10-16)28-4/h5-12H,13-14H2,1-4H3. The predicted octanol–water partition coefficient (Wildman–Crippen LogP) is 4.50. The summed E-state index contributed by atoms with van der Waals surface area (Å²) in [6.45, 7) is 0. The Morgan fingerprint density at radius 1 is 0.655 bits per heavy atom. The van der Waals surface area contributed by atoms with Gasteiger partial charge in [-0.3, -0.25) is 4.79 Å². The van der Waals surface area contributed by atoms with Gasteiger partial charge in [-0.15, -0.1) is 0 Å². The van der Waals surface area contributed by atoms with Crippen molar-refractivity contribution in [3.05, 3.63) is 58.7 Å². The monoisotopic (exact) mass is 412 g/mol. The second-order valence-electron chi connectivity index (χ2n) is 6.45. The van der Waals surface area contributed by atoms with Crippen LogP contribution in [0.15, 0.2) is 47.5 Å². The van der Waals surface area contributed by atoms with Crippen LogP contribution in [0.1, 0.15) is 11.1 Å². The van der Waals surface area contributed by atoms with Crippen molar-refractivity contribution in [1.29, 1.82) is 0 Å². The molecule has 1 aliphatic heterocycles. The molecule has 1 fully saturated rings. The first-order chi connectivity index (χ1) is 14.1. The smallest absolute Gasteiger partial charge is 0.186 e. The van der Waals surface area contributed by atoms with Crippen LogP contribution in [0.25, 0.3) is 12.2 Å². The van der Waals surface area contributed by atoms with Crippen LogP contribution in [-0.2, 0) is 4.79 Å². The maximum absolute atomic E-state index is 13.1. The fraction of sp³-hybridized carbons (Fsp3) is 0.261. The number of Topliss-reactive ketones (excluding diaryl/α,β-unsaturated/α-hetero) is 1. The number of hydrogen-bond acceptors (Lipinski definition) is 6. The minimum atomic E-state index is 0.0484. The summed E-state index contributed by atoms with van der Waals surface area (Å²) >= 11 is 1.71. The van der Waals surface area contributed by atoms with Crippen LogP contribution in [0.2, 0.25) is 0 Å². The zero-order chi connectivity index (χ0) is 20.8. The molecule has 0 amide bonds. The van der Waals surface area contributed by atoms with Gasteiger partial charge >= 0.3 is 0 Å². The summed E-state index contributed by atoms with van der Waals surface area (Å²) in [5.41, 5.74) is 3.24. The van der Waals surface area contributed by atoms with E-state index in [1.165, 1.54) is 0 Å². The molecule has 6 heteroatoms. The van der Waals surface area contributed by atoms with Gasteiger partial charge in [0.1, 0.15) is 23.0 Å². The van der Waals surface area contributed by atoms with E-state index in [2.05, 4.69) is 0 Å². The van der Waals surface area contributed by atoms with E-state index in [9.17, 15) is 4.79 Å². The Morgan fingerprint density at radius 2 is 1.00 bits per heavy atom. The first-order valence-corrected chi connectivity index (χ1v) is 10.2. The second kappa shape index (κ2) is 9.56. The molecule has 5 nitrogen and oxygen atoms in total. The lowest BCUT2D eigenvalue weighted by atomic mass is 10.00. The molecular formula is C23H24O5S. The number of thioether (sulfide) groups is 1. The number of benzene rings is 2. The van der Waals surface area contributed by atoms with Crippen molar-refractivity contribution >= 4 is 29.7 Å². The molecule has 0 atom stereocenters. The Bertz CT molecular complexity index is 842. The van der Waals surface area contributed by atoms with Crippen LogP contribution in [-0.4, -0.2) is 45.7 Å². The Kier molecular flexibility index (Phi) is 6.88. The van der Waals surface area contributed by atoms with Crippen LogP contribution in [0.4, 0.5) is 0 Å². The highest BCUT2D eigenvalue weighted by Crippen LogP contribution is 2.31. The van der Waals surface area contributed by atoms with Gasteiger partial charge in [0.2, 0.25) is 0 Å². The van der Waals surface area contributed by atoms with Crippen molar-refractivity contribution in [2.75, 3.05) is 39.9 Å². The summed E-state index contributed by atoms with van der Waals surface area (Å²) < 4.78 is 21.3. The van der Waals surface area contributed by atoms with Crippen molar-refractivity contribution in [1.82, 2.24) is 0 Å². The van der Waals surface area contributed by atoms with Crippen molar-refractivity contribution in [3.63, 3.8) is 0 Å². The minimum Gasteiger partial charge on any atom is -0.497 e. The number of ketones is 1. The Labute approximate surface area is 175 Å². The van der Waals surface area contributed by atoms with E-state index in [1.807, 2.05) is 36.4 Å². The van der Waals surface area contributed by atoms with Gasteiger partial charge in [-0.05, 0) is 47.5 Å². The average molecular weight is 413 g/mol. The number of ether oxygens (including phenoxy) is 4. The van der Waals surface area contributed by atoms with Crippen LogP contribution < -0.4 is 18.9 Å². The van der Waals surface area contributed by atoms with Gasteiger partial charge in [0.05, 0.1) is 28.4 Å². The molecule has 0 unspecified atom stereocenters. The van der Waals surface area contributed by atoms with E-state index in [1.54, 1.807) is 52.3 Å². The fourth-order valence-corrected chi connectivity index (χ4v) is 4.02. The van der Waals surface area contributed by atoms with Crippen molar-refractivity contribution in [3.8, 4) is 23.0 Å². The van der Waals surface area contributed by atoms with E-state index in [4.69, 9.17) is 18.9 Å². The summed E-state index contributed by atoms with van der Waals surface area (Å²) in [7, 11) is 6.43. The van der Waals surface area contributed by atoms with Gasteiger partial charge in [0.25, 0.3) is 0 Å². The summed E-state index contributed by atoms with van der Waals surface area (Å²) in [6.07, 6.45) is 3.80. The molecule has 2 aromatic carbocycles. The summed E-state index contributed by atoms with van der Waals surface area (Å²) in [6, 6.07) is 11.2. The van der Waals surface area contributed by atoms with Gasteiger partial charge < -0.3 is 18.9 Å². The third-order valence-electron chi connectivity index (χ3n) is 4.53. The van der Waals surface area contributed by atoms with Crippen LogP contribution in [0, 0.1) is 0 Å². The molecule has 2 aromatic rings. The largest absolute Gasteiger partial charge is 0.497 e. The SMILES string of the molecule is COc1cc(C=C2CSCC(=Cc3cc(OC)cc(OC)c3)C2=O)cc(OC)c1. The molecule has 152 valence electrons. The van der Waals surface area contributed by atoms with Crippen LogP contribution in [0.3, 0.4) is 0 Å². The Balaban J connectivity index is 1.93. The predicted molar refractivity (Wildman–Crippen MR) is 117 cm³/mol. The number of methoxy groups -OCH3 is 4. The highest BCUT2D eigenvalue weighted by Gasteiger charge is 2.21. The van der Waals surface area contributed by atoms with E-state index in [0.717, 1.165) is 22.3 Å². The van der Waals surface area contributed by atoms with Crippen LogP contribution >= 0.6 is 11.8 Å². The van der Waals surface area contributed by atoms with E-state index in [0.29, 0.717) is 34.5 Å². The Hall–Kier alpha value is -2.86. The van der Waals surface area contributed by atoms with E-state index < -0.39 is 0 Å². The van der Waals surface area contributed by atoms with Crippen LogP contribution in [0.5, 0.6) is 23.0 Å². The first kappa shape index (κ1) is 20.9. The molecule has 0 aliphatic carbocycles. The summed E-state index contributed by atoms with van der Waals surface area (Å²) in [4.78, 5) is 13.1. The molecule has 29 heavy (non-hydrogen) atoms. The molecule has 0 radical (unpaired) electrons. The summed E-state index contributed by atoms with van der Waals surface area (Å²) in [5.74, 6) is 4.12. The highest BCUT2D eigenvalue weighted by atomic mass is 32.2. The molecule has 1 saturated heterocycles. The molecule has 0 saturated carbocycles. The molecular weight excluding hydrogens is 388 g/mol. The van der Waals surface area contributed by atoms with E-state index in [-0.39, 0.29) is 5.78 Å². The number of rotatable bonds is 6.